The molecule has 0 unspecified atom stereocenters. The van der Waals surface area contributed by atoms with E-state index in [0.717, 1.165) is 40.9 Å². The molecule has 2 heteroatoms. The zero-order valence-corrected chi connectivity index (χ0v) is 19.2. The van der Waals surface area contributed by atoms with E-state index in [2.05, 4.69) is 18.2 Å². The van der Waals surface area contributed by atoms with Gasteiger partial charge < -0.3 is 10.2 Å². The van der Waals surface area contributed by atoms with Crippen molar-refractivity contribution in [1.29, 1.82) is 0 Å². The first-order valence-electron chi connectivity index (χ1n) is 13.5. The summed E-state index contributed by atoms with van der Waals surface area (Å²) in [5, 5.41) is 24.2. The molecule has 0 saturated heterocycles. The maximum Gasteiger partial charge on any atom is 0.165 e. The molecule has 0 heterocycles. The van der Waals surface area contributed by atoms with Gasteiger partial charge in [-0.3, -0.25) is 0 Å². The second-order valence-corrected chi connectivity index (χ2v) is 13.4. The average Bonchev–Trinajstić information content (AvgIpc) is 2.74. The van der Waals surface area contributed by atoms with E-state index in [9.17, 15) is 10.2 Å². The van der Waals surface area contributed by atoms with Gasteiger partial charge >= 0.3 is 0 Å². The Bertz CT molecular complexity index is 1060. The largest absolute Gasteiger partial charge is 0.504 e. The van der Waals surface area contributed by atoms with Crippen LogP contribution in [0.3, 0.4) is 0 Å². The van der Waals surface area contributed by atoms with Gasteiger partial charge in [0, 0.05) is 5.39 Å². The van der Waals surface area contributed by atoms with E-state index >= 15 is 0 Å². The van der Waals surface area contributed by atoms with Crippen molar-refractivity contribution in [2.24, 2.45) is 35.5 Å². The van der Waals surface area contributed by atoms with Crippen molar-refractivity contribution in [2.75, 3.05) is 0 Å². The first-order chi connectivity index (χ1) is 15.5. The number of benzene rings is 2. The molecule has 0 amide bonds. The van der Waals surface area contributed by atoms with Crippen LogP contribution in [-0.2, 0) is 10.8 Å². The van der Waals surface area contributed by atoms with Crippen LogP contribution in [-0.4, -0.2) is 10.2 Å². The number of aromatic hydroxyl groups is 2. The Hall–Kier alpha value is -1.70. The van der Waals surface area contributed by atoms with Crippen LogP contribution in [0.1, 0.15) is 88.2 Å². The van der Waals surface area contributed by atoms with Crippen molar-refractivity contribution >= 4 is 10.8 Å². The number of phenolic OH excluding ortho intramolecular Hbond substituents is 2. The Balaban J connectivity index is 1.38. The number of hydrogen-bond acceptors (Lipinski definition) is 2. The number of hydrogen-bond donors (Lipinski definition) is 2. The quantitative estimate of drug-likeness (QED) is 0.497. The summed E-state index contributed by atoms with van der Waals surface area (Å²) in [4.78, 5) is 0. The zero-order valence-electron chi connectivity index (χ0n) is 19.2. The molecule has 8 bridgehead atoms. The molecule has 8 aliphatic carbocycles. The molecule has 10 rings (SSSR count). The molecule has 8 saturated carbocycles. The van der Waals surface area contributed by atoms with E-state index in [4.69, 9.17) is 0 Å². The van der Waals surface area contributed by atoms with Gasteiger partial charge in [0.1, 0.15) is 0 Å². The van der Waals surface area contributed by atoms with Gasteiger partial charge in [0.05, 0.1) is 0 Å². The van der Waals surface area contributed by atoms with E-state index in [1.807, 2.05) is 6.07 Å². The zero-order chi connectivity index (χ0) is 21.2. The molecule has 2 nitrogen and oxygen atoms in total. The van der Waals surface area contributed by atoms with Crippen LogP contribution >= 0.6 is 0 Å². The fraction of sp³-hybridized carbons (Fsp3) is 0.667. The first-order valence-corrected chi connectivity index (χ1v) is 13.5. The van der Waals surface area contributed by atoms with Crippen LogP contribution in [0.2, 0.25) is 0 Å². The van der Waals surface area contributed by atoms with Crippen molar-refractivity contribution in [3.05, 3.63) is 35.4 Å². The van der Waals surface area contributed by atoms with Gasteiger partial charge in [-0.1, -0.05) is 18.2 Å². The maximum atomic E-state index is 11.0. The Morgan fingerprint density at radius 2 is 1.03 bits per heavy atom. The van der Waals surface area contributed by atoms with Crippen LogP contribution < -0.4 is 0 Å². The van der Waals surface area contributed by atoms with Gasteiger partial charge in [-0.25, -0.2) is 0 Å². The molecule has 32 heavy (non-hydrogen) atoms. The summed E-state index contributed by atoms with van der Waals surface area (Å²) in [6.07, 6.45) is 16.6. The molecule has 0 radical (unpaired) electrons. The highest BCUT2D eigenvalue weighted by Gasteiger charge is 2.55. The molecule has 0 atom stereocenters. The Kier molecular flexibility index (Phi) is 3.53. The fourth-order valence-electron chi connectivity index (χ4n) is 11.2. The molecule has 2 N–H and O–H groups in total. The van der Waals surface area contributed by atoms with E-state index in [1.165, 1.54) is 93.6 Å². The summed E-state index contributed by atoms with van der Waals surface area (Å²) >= 11 is 0. The summed E-state index contributed by atoms with van der Waals surface area (Å²) in [6, 6.07) is 8.70. The Morgan fingerprint density at radius 1 is 0.594 bits per heavy atom. The highest BCUT2D eigenvalue weighted by Crippen LogP contribution is 2.65. The number of fused-ring (bicyclic) bond motifs is 1. The van der Waals surface area contributed by atoms with Crippen molar-refractivity contribution in [3.63, 3.8) is 0 Å². The molecular formula is C30H36O2. The smallest absolute Gasteiger partial charge is 0.165 e. The topological polar surface area (TPSA) is 40.5 Å². The predicted molar refractivity (Wildman–Crippen MR) is 127 cm³/mol. The molecule has 2 aromatic rings. The minimum Gasteiger partial charge on any atom is -0.504 e. The van der Waals surface area contributed by atoms with Crippen molar-refractivity contribution in [1.82, 2.24) is 0 Å². The standard InChI is InChI=1S/C30H36O2/c31-26-10-25(30-14-20-7-21(15-30)9-22(8-20)16-30)27-23(28(26)32)2-1-3-24(27)29-11-17-4-18(12-29)6-19(5-17)13-29/h1-3,10,17-22,31-32H,4-9,11-16H2. The lowest BCUT2D eigenvalue weighted by Gasteiger charge is -2.59. The van der Waals surface area contributed by atoms with Crippen LogP contribution in [0.25, 0.3) is 10.8 Å². The maximum absolute atomic E-state index is 11.0. The van der Waals surface area contributed by atoms with Gasteiger partial charge in [0.15, 0.2) is 11.5 Å². The first kappa shape index (κ1) is 18.7. The summed E-state index contributed by atoms with van der Waals surface area (Å²) in [5.41, 5.74) is 3.47. The van der Waals surface area contributed by atoms with Gasteiger partial charge in [-0.15, -0.1) is 0 Å². The lowest BCUT2D eigenvalue weighted by atomic mass is 9.46. The monoisotopic (exact) mass is 428 g/mol. The Labute approximate surface area is 191 Å². The molecule has 0 spiro atoms. The predicted octanol–water partition coefficient (Wildman–Crippen LogP) is 7.19. The average molecular weight is 429 g/mol. The van der Waals surface area contributed by atoms with Crippen LogP contribution in [0.4, 0.5) is 0 Å². The number of phenols is 2. The third-order valence-electron chi connectivity index (χ3n) is 11.3. The second-order valence-electron chi connectivity index (χ2n) is 13.4. The molecule has 168 valence electrons. The molecule has 0 aromatic heterocycles. The van der Waals surface area contributed by atoms with Gasteiger partial charge in [-0.05, 0) is 146 Å². The summed E-state index contributed by atoms with van der Waals surface area (Å²) in [6.45, 7) is 0. The minimum atomic E-state index is 0.103. The molecule has 2 aromatic carbocycles. The van der Waals surface area contributed by atoms with Crippen LogP contribution in [0.5, 0.6) is 11.5 Å². The summed E-state index contributed by atoms with van der Waals surface area (Å²) in [5.74, 6) is 5.56. The molecular weight excluding hydrogens is 392 g/mol. The fourth-order valence-corrected chi connectivity index (χ4v) is 11.2. The Morgan fingerprint density at radius 3 is 1.50 bits per heavy atom. The highest BCUT2D eigenvalue weighted by molar-refractivity contribution is 5.97. The SMILES string of the molecule is Oc1cc(C23CC4CC(CC(C4)C2)C3)c2c(C34CC5CC(CC(C5)C3)C4)cccc2c1O. The summed E-state index contributed by atoms with van der Waals surface area (Å²) in [7, 11) is 0. The minimum absolute atomic E-state index is 0.103. The molecule has 8 fully saturated rings. The molecule has 0 aliphatic heterocycles. The highest BCUT2D eigenvalue weighted by atomic mass is 16.3. The van der Waals surface area contributed by atoms with E-state index in [1.54, 1.807) is 0 Å². The van der Waals surface area contributed by atoms with Gasteiger partial charge in [0.2, 0.25) is 0 Å². The van der Waals surface area contributed by atoms with Crippen molar-refractivity contribution < 1.29 is 10.2 Å². The lowest BCUT2D eigenvalue weighted by Crippen LogP contribution is -2.50. The van der Waals surface area contributed by atoms with E-state index in [0.29, 0.717) is 5.41 Å². The third-order valence-corrected chi connectivity index (χ3v) is 11.3. The van der Waals surface area contributed by atoms with Crippen LogP contribution in [0, 0.1) is 35.5 Å². The van der Waals surface area contributed by atoms with E-state index < -0.39 is 0 Å². The van der Waals surface area contributed by atoms with Gasteiger partial charge in [0.25, 0.3) is 0 Å². The van der Waals surface area contributed by atoms with Crippen molar-refractivity contribution in [2.45, 2.75) is 87.9 Å². The van der Waals surface area contributed by atoms with E-state index in [-0.39, 0.29) is 16.9 Å². The molecule has 8 aliphatic rings. The number of rotatable bonds is 2. The lowest BCUT2D eigenvalue weighted by molar-refractivity contribution is -0.00685. The second kappa shape index (κ2) is 6.05. The normalized spacial score (nSPS) is 45.8. The third kappa shape index (κ3) is 2.37. The van der Waals surface area contributed by atoms with Crippen molar-refractivity contribution in [3.8, 4) is 11.5 Å². The van der Waals surface area contributed by atoms with Gasteiger partial charge in [-0.2, -0.15) is 0 Å². The summed E-state index contributed by atoms with van der Waals surface area (Å²) < 4.78 is 0. The van der Waals surface area contributed by atoms with Crippen LogP contribution in [0.15, 0.2) is 24.3 Å².